The first kappa shape index (κ1) is 22.7. The number of halogens is 4. The summed E-state index contributed by atoms with van der Waals surface area (Å²) in [5.41, 5.74) is 1.73. The van der Waals surface area contributed by atoms with Gasteiger partial charge in [0.05, 0.1) is 0 Å². The van der Waals surface area contributed by atoms with Gasteiger partial charge in [-0.25, -0.2) is 14.2 Å². The van der Waals surface area contributed by atoms with Crippen molar-refractivity contribution >= 4 is 47.5 Å². The van der Waals surface area contributed by atoms with E-state index in [1.165, 1.54) is 6.07 Å². The minimum absolute atomic E-state index is 0. The summed E-state index contributed by atoms with van der Waals surface area (Å²) in [5, 5.41) is 11.9. The number of rotatable bonds is 6. The van der Waals surface area contributed by atoms with Crippen molar-refractivity contribution in [1.29, 1.82) is 0 Å². The number of hydrogen-bond acceptors (Lipinski definition) is 3. The molecular weight excluding hydrogens is 442 g/mol. The zero-order valence-corrected chi connectivity index (χ0v) is 17.2. The number of aromatic nitrogens is 1. The molecule has 5 nitrogen and oxygen atoms in total. The first-order chi connectivity index (χ1) is 13.4. The van der Waals surface area contributed by atoms with Crippen LogP contribution in [-0.2, 0) is 13.0 Å². The molecule has 1 amide bonds. The van der Waals surface area contributed by atoms with E-state index in [0.29, 0.717) is 33.5 Å². The summed E-state index contributed by atoms with van der Waals surface area (Å²) in [7, 11) is 0. The fraction of sp³-hybridized carbons (Fsp3) is 0.100. The van der Waals surface area contributed by atoms with Gasteiger partial charge in [0.25, 0.3) is 0 Å². The molecule has 0 saturated carbocycles. The maximum atomic E-state index is 14.0. The Morgan fingerprint density at radius 1 is 1.07 bits per heavy atom. The first-order valence-electron chi connectivity index (χ1n) is 8.22. The highest BCUT2D eigenvalue weighted by Crippen LogP contribution is 2.27. The van der Waals surface area contributed by atoms with Gasteiger partial charge in [-0.2, -0.15) is 0 Å². The monoisotopic (exact) mass is 456 g/mol. The summed E-state index contributed by atoms with van der Waals surface area (Å²) in [4.78, 5) is 15.0. The molecule has 29 heavy (non-hydrogen) atoms. The number of amides is 1. The van der Waals surface area contributed by atoms with Gasteiger partial charge in [0.2, 0.25) is 0 Å². The van der Waals surface area contributed by atoms with Crippen molar-refractivity contribution < 1.29 is 19.0 Å². The van der Waals surface area contributed by atoms with Crippen LogP contribution in [0.15, 0.2) is 54.6 Å². The summed E-state index contributed by atoms with van der Waals surface area (Å²) < 4.78 is 19.7. The molecule has 152 valence electrons. The number of anilines is 1. The largest absolute Gasteiger partial charge is 0.489 e. The number of nitrogens with zero attached hydrogens (tertiary/aromatic N) is 1. The van der Waals surface area contributed by atoms with Crippen molar-refractivity contribution in [2.45, 2.75) is 13.0 Å². The van der Waals surface area contributed by atoms with Gasteiger partial charge in [0.1, 0.15) is 24.0 Å². The number of ether oxygens (including phenoxy) is 1. The van der Waals surface area contributed by atoms with Gasteiger partial charge in [-0.3, -0.25) is 5.32 Å². The Kier molecular flexibility index (Phi) is 8.08. The molecule has 3 aromatic rings. The second kappa shape index (κ2) is 10.3. The number of pyridine rings is 1. The number of carboxylic acid groups (broad SMARTS) is 1. The Labute approximate surface area is 182 Å². The lowest BCUT2D eigenvalue weighted by atomic mass is 10.1. The van der Waals surface area contributed by atoms with Crippen molar-refractivity contribution in [3.05, 3.63) is 87.3 Å². The molecule has 2 aromatic carbocycles. The van der Waals surface area contributed by atoms with Crippen molar-refractivity contribution in [1.82, 2.24) is 4.98 Å². The third-order valence-electron chi connectivity index (χ3n) is 3.83. The van der Waals surface area contributed by atoms with Gasteiger partial charge in [0, 0.05) is 33.3 Å². The van der Waals surface area contributed by atoms with E-state index in [1.54, 1.807) is 48.5 Å². The highest BCUT2D eigenvalue weighted by Gasteiger charge is 2.10. The molecule has 0 spiro atoms. The molecule has 0 atom stereocenters. The van der Waals surface area contributed by atoms with Gasteiger partial charge < -0.3 is 9.84 Å². The second-order valence-corrected chi connectivity index (χ2v) is 6.77. The molecule has 1 heterocycles. The SMILES string of the molecule is Cl.O=C(O)Nc1cccc(Cc2cc(Cl)ccc2OCc2ccc(Cl)cc2F)n1. The van der Waals surface area contributed by atoms with E-state index < -0.39 is 11.9 Å². The summed E-state index contributed by atoms with van der Waals surface area (Å²) in [6.07, 6.45) is -0.838. The van der Waals surface area contributed by atoms with Crippen LogP contribution in [0.3, 0.4) is 0 Å². The summed E-state index contributed by atoms with van der Waals surface area (Å²) in [6.45, 7) is 0.0195. The van der Waals surface area contributed by atoms with Crippen LogP contribution in [0.4, 0.5) is 15.0 Å². The van der Waals surface area contributed by atoms with E-state index >= 15 is 0 Å². The van der Waals surface area contributed by atoms with E-state index in [1.807, 2.05) is 0 Å². The van der Waals surface area contributed by atoms with Gasteiger partial charge in [0.15, 0.2) is 0 Å². The minimum Gasteiger partial charge on any atom is -0.489 e. The second-order valence-electron chi connectivity index (χ2n) is 5.90. The van der Waals surface area contributed by atoms with Crippen LogP contribution in [0.1, 0.15) is 16.8 Å². The first-order valence-corrected chi connectivity index (χ1v) is 8.97. The normalized spacial score (nSPS) is 10.2. The lowest BCUT2D eigenvalue weighted by Crippen LogP contribution is -2.09. The minimum atomic E-state index is -1.19. The fourth-order valence-corrected chi connectivity index (χ4v) is 2.93. The summed E-state index contributed by atoms with van der Waals surface area (Å²) >= 11 is 11.9. The lowest BCUT2D eigenvalue weighted by molar-refractivity contribution is 0.209. The average Bonchev–Trinajstić information content (AvgIpc) is 2.62. The van der Waals surface area contributed by atoms with Gasteiger partial charge in [-0.15, -0.1) is 12.4 Å². The topological polar surface area (TPSA) is 71.5 Å². The molecule has 0 aliphatic rings. The Bertz CT molecular complexity index is 1020. The van der Waals surface area contributed by atoms with E-state index in [0.717, 1.165) is 5.56 Å². The number of benzene rings is 2. The Balaban J connectivity index is 0.00000300. The smallest absolute Gasteiger partial charge is 0.410 e. The van der Waals surface area contributed by atoms with Crippen molar-refractivity contribution in [2.24, 2.45) is 0 Å². The van der Waals surface area contributed by atoms with E-state index in [4.69, 9.17) is 33.0 Å². The Morgan fingerprint density at radius 2 is 1.79 bits per heavy atom. The molecule has 0 saturated heterocycles. The van der Waals surface area contributed by atoms with Crippen molar-refractivity contribution in [3.8, 4) is 5.75 Å². The molecule has 3 rings (SSSR count). The van der Waals surface area contributed by atoms with Crippen LogP contribution in [0, 0.1) is 5.82 Å². The zero-order valence-electron chi connectivity index (χ0n) is 14.9. The third-order valence-corrected chi connectivity index (χ3v) is 4.30. The van der Waals surface area contributed by atoms with Crippen LogP contribution in [0.25, 0.3) is 0 Å². The summed E-state index contributed by atoms with van der Waals surface area (Å²) in [5.74, 6) is 0.298. The quantitative estimate of drug-likeness (QED) is 0.462. The molecule has 0 bridgehead atoms. The van der Waals surface area contributed by atoms with Crippen LogP contribution >= 0.6 is 35.6 Å². The predicted octanol–water partition coefficient (Wildman–Crippen LogP) is 6.21. The van der Waals surface area contributed by atoms with E-state index in [9.17, 15) is 9.18 Å². The standard InChI is InChI=1S/C20H15Cl2FN2O3.ClH/c21-14-6-7-18(28-11-12-4-5-15(22)10-17(12)23)13(8-14)9-16-2-1-3-19(24-16)25-20(26)27;/h1-8,10H,9,11H2,(H,24,25)(H,26,27);1H. The van der Waals surface area contributed by atoms with Crippen LogP contribution < -0.4 is 10.1 Å². The van der Waals surface area contributed by atoms with Gasteiger partial charge in [-0.1, -0.05) is 35.3 Å². The molecule has 0 aliphatic heterocycles. The van der Waals surface area contributed by atoms with Gasteiger partial charge >= 0.3 is 6.09 Å². The van der Waals surface area contributed by atoms with Crippen molar-refractivity contribution in [2.75, 3.05) is 5.32 Å². The highest BCUT2D eigenvalue weighted by atomic mass is 35.5. The van der Waals surface area contributed by atoms with Crippen molar-refractivity contribution in [3.63, 3.8) is 0 Å². The van der Waals surface area contributed by atoms with Crippen LogP contribution in [0.2, 0.25) is 10.0 Å². The summed E-state index contributed by atoms with van der Waals surface area (Å²) in [6, 6.07) is 14.5. The molecule has 9 heteroatoms. The van der Waals surface area contributed by atoms with E-state index in [2.05, 4.69) is 10.3 Å². The molecule has 0 aliphatic carbocycles. The maximum Gasteiger partial charge on any atom is 0.410 e. The number of carbonyl (C=O) groups is 1. The molecule has 2 N–H and O–H groups in total. The van der Waals surface area contributed by atoms with Crippen LogP contribution in [-0.4, -0.2) is 16.2 Å². The highest BCUT2D eigenvalue weighted by molar-refractivity contribution is 6.30. The molecule has 0 unspecified atom stereocenters. The van der Waals surface area contributed by atoms with Gasteiger partial charge in [-0.05, 0) is 42.5 Å². The molecule has 0 radical (unpaired) electrons. The van der Waals surface area contributed by atoms with Crippen LogP contribution in [0.5, 0.6) is 5.75 Å². The zero-order chi connectivity index (χ0) is 20.1. The third kappa shape index (κ3) is 6.49. The maximum absolute atomic E-state index is 14.0. The Morgan fingerprint density at radius 3 is 2.52 bits per heavy atom. The number of hydrogen-bond donors (Lipinski definition) is 2. The molecule has 1 aromatic heterocycles. The Hall–Kier alpha value is -2.54. The molecule has 0 fully saturated rings. The van der Waals surface area contributed by atoms with E-state index in [-0.39, 0.29) is 24.8 Å². The fourth-order valence-electron chi connectivity index (χ4n) is 2.57. The molecular formula is C20H16Cl3FN2O3. The lowest BCUT2D eigenvalue weighted by Gasteiger charge is -2.13. The predicted molar refractivity (Wildman–Crippen MR) is 113 cm³/mol. The average molecular weight is 458 g/mol. The number of nitrogens with one attached hydrogen (secondary N) is 1.